The molecule has 2 bridgehead atoms. The smallest absolute Gasteiger partial charge is 0.147 e. The molecule has 6 heterocycles. The molecular formula is C22H23N9. The predicted octanol–water partition coefficient (Wildman–Crippen LogP) is 1.47. The van der Waals surface area contributed by atoms with E-state index in [1.807, 2.05) is 31.7 Å². The first-order chi connectivity index (χ1) is 15.2. The molecule has 3 aromatic heterocycles. The predicted molar refractivity (Wildman–Crippen MR) is 120 cm³/mol. The Hall–Kier alpha value is -3.77. The van der Waals surface area contributed by atoms with Gasteiger partial charge in [-0.05, 0) is 12.5 Å². The summed E-state index contributed by atoms with van der Waals surface area (Å²) in [5, 5.41) is 20.6. The number of anilines is 1. The van der Waals surface area contributed by atoms with Gasteiger partial charge in [-0.25, -0.2) is 9.50 Å². The average molecular weight is 413 g/mol. The fraction of sp³-hybridized carbons (Fsp3) is 0.318. The lowest BCUT2D eigenvalue weighted by molar-refractivity contribution is 0.225. The second kappa shape index (κ2) is 7.81. The van der Waals surface area contributed by atoms with E-state index in [-0.39, 0.29) is 0 Å². The maximum absolute atomic E-state index is 9.59. The van der Waals surface area contributed by atoms with Crippen molar-refractivity contribution in [3.63, 3.8) is 0 Å². The molecule has 0 radical (unpaired) electrons. The van der Waals surface area contributed by atoms with Crippen LogP contribution in [0.1, 0.15) is 17.5 Å². The highest BCUT2D eigenvalue weighted by Gasteiger charge is 2.36. The zero-order valence-corrected chi connectivity index (χ0v) is 17.4. The summed E-state index contributed by atoms with van der Waals surface area (Å²) in [6.07, 6.45) is 12.0. The van der Waals surface area contributed by atoms with Crippen molar-refractivity contribution in [1.29, 1.82) is 5.26 Å². The molecule has 0 aliphatic carbocycles. The number of hydrogen-bond acceptors (Lipinski definition) is 8. The van der Waals surface area contributed by atoms with Crippen LogP contribution >= 0.6 is 0 Å². The molecule has 2 N–H and O–H groups in total. The second-order valence-electron chi connectivity index (χ2n) is 7.84. The lowest BCUT2D eigenvalue weighted by Crippen LogP contribution is -2.67. The van der Waals surface area contributed by atoms with Crippen LogP contribution in [0.25, 0.3) is 22.3 Å². The largest absolute Gasteiger partial charge is 0.393 e. The summed E-state index contributed by atoms with van der Waals surface area (Å²) in [6.45, 7) is 1.92. The number of nitrogens with zero attached hydrogens (tertiary/aromatic N) is 7. The molecule has 2 unspecified atom stereocenters. The number of piperazine rings is 1. The van der Waals surface area contributed by atoms with Gasteiger partial charge in [-0.15, -0.1) is 0 Å². The van der Waals surface area contributed by atoms with E-state index in [0.717, 1.165) is 35.6 Å². The van der Waals surface area contributed by atoms with Crippen LogP contribution in [0, 0.1) is 11.3 Å². The number of aromatic nitrogens is 4. The first kappa shape index (κ1) is 19.2. The first-order valence-electron chi connectivity index (χ1n) is 10.2. The lowest BCUT2D eigenvalue weighted by atomic mass is 9.91. The van der Waals surface area contributed by atoms with Gasteiger partial charge in [0.2, 0.25) is 0 Å². The van der Waals surface area contributed by atoms with E-state index in [9.17, 15) is 5.26 Å². The van der Waals surface area contributed by atoms with Crippen molar-refractivity contribution in [3.05, 3.63) is 48.2 Å². The molecular weight excluding hydrogens is 390 g/mol. The van der Waals surface area contributed by atoms with Gasteiger partial charge >= 0.3 is 0 Å². The summed E-state index contributed by atoms with van der Waals surface area (Å²) in [5.74, 6) is 0.884. The van der Waals surface area contributed by atoms with Crippen LogP contribution in [0.3, 0.4) is 0 Å². The topological polar surface area (TPSA) is 107 Å². The molecule has 0 saturated carbocycles. The first-order valence-corrected chi connectivity index (χ1v) is 10.2. The molecule has 3 aromatic rings. The molecule has 2 atom stereocenters. The van der Waals surface area contributed by atoms with Crippen LogP contribution in [0.2, 0.25) is 0 Å². The van der Waals surface area contributed by atoms with E-state index < -0.39 is 0 Å². The normalized spacial score (nSPS) is 20.7. The number of nitrogens with one attached hydrogen (secondary N) is 2. The van der Waals surface area contributed by atoms with Crippen LogP contribution in [-0.2, 0) is 0 Å². The second-order valence-corrected chi connectivity index (χ2v) is 7.84. The summed E-state index contributed by atoms with van der Waals surface area (Å²) in [4.78, 5) is 15.8. The molecule has 0 aromatic carbocycles. The molecule has 3 fully saturated rings. The maximum atomic E-state index is 9.59. The summed E-state index contributed by atoms with van der Waals surface area (Å²) >= 11 is 0. The Labute approximate surface area is 180 Å². The molecule has 3 aliphatic heterocycles. The van der Waals surface area contributed by atoms with Crippen molar-refractivity contribution in [3.8, 4) is 17.3 Å². The average Bonchev–Trinajstić information content (AvgIpc) is 3.21. The highest BCUT2D eigenvalue weighted by Crippen LogP contribution is 2.30. The molecule has 9 nitrogen and oxygen atoms in total. The zero-order valence-electron chi connectivity index (χ0n) is 17.4. The van der Waals surface area contributed by atoms with Gasteiger partial charge in [-0.2, -0.15) is 10.4 Å². The molecule has 9 heteroatoms. The molecule has 3 saturated heterocycles. The van der Waals surface area contributed by atoms with Crippen LogP contribution < -0.4 is 15.5 Å². The summed E-state index contributed by atoms with van der Waals surface area (Å²) < 4.78 is 1.72. The van der Waals surface area contributed by atoms with E-state index in [1.54, 1.807) is 30.2 Å². The summed E-state index contributed by atoms with van der Waals surface area (Å²) in [6, 6.07) is 5.35. The van der Waals surface area contributed by atoms with Crippen molar-refractivity contribution in [2.24, 2.45) is 4.99 Å². The zero-order chi connectivity index (χ0) is 21.4. The Morgan fingerprint density at radius 1 is 1.29 bits per heavy atom. The fourth-order valence-electron chi connectivity index (χ4n) is 4.37. The number of pyridine rings is 1. The monoisotopic (exact) mass is 413 g/mol. The third-order valence-corrected chi connectivity index (χ3v) is 5.79. The molecule has 3 aliphatic rings. The number of rotatable bonds is 5. The Bertz CT molecular complexity index is 1200. The minimum atomic E-state index is 0.498. The lowest BCUT2D eigenvalue weighted by Gasteiger charge is -2.48. The van der Waals surface area contributed by atoms with E-state index >= 15 is 0 Å². The molecule has 156 valence electrons. The number of fused-ring (bicyclic) bond motifs is 3. The van der Waals surface area contributed by atoms with Gasteiger partial charge < -0.3 is 15.5 Å². The van der Waals surface area contributed by atoms with Gasteiger partial charge in [0.1, 0.15) is 11.9 Å². The van der Waals surface area contributed by atoms with Crippen molar-refractivity contribution in [1.82, 2.24) is 30.2 Å². The van der Waals surface area contributed by atoms with Crippen molar-refractivity contribution in [2.75, 3.05) is 32.1 Å². The Morgan fingerprint density at radius 2 is 2.10 bits per heavy atom. The standard InChI is InChI=1S/C22H23N9/c1-24-6-16(7-25-2)14-3-19(22-15(5-23)8-28-31(22)11-14)20-9-27-21(10-26-20)30-12-17-4-18(13-30)29-17/h3,6-11,17-18,24,29H,4,12-13H2,1-2H3/b16-6+,25-7+. The Balaban J connectivity index is 1.58. The van der Waals surface area contributed by atoms with Crippen LogP contribution in [-0.4, -0.2) is 65.1 Å². The van der Waals surface area contributed by atoms with Crippen molar-refractivity contribution >= 4 is 23.1 Å². The number of hydrogen-bond donors (Lipinski definition) is 2. The molecule has 0 spiro atoms. The summed E-state index contributed by atoms with van der Waals surface area (Å²) in [7, 11) is 3.57. The molecule has 0 amide bonds. The highest BCUT2D eigenvalue weighted by molar-refractivity contribution is 6.10. The van der Waals surface area contributed by atoms with Crippen LogP contribution in [0.15, 0.2) is 42.0 Å². The third kappa shape index (κ3) is 3.41. The van der Waals surface area contributed by atoms with Gasteiger partial charge in [0.05, 0.1) is 35.4 Å². The van der Waals surface area contributed by atoms with Crippen molar-refractivity contribution in [2.45, 2.75) is 18.5 Å². The minimum Gasteiger partial charge on any atom is -0.393 e. The number of aliphatic imine (C=N–C) groups is 1. The van der Waals surface area contributed by atoms with Crippen molar-refractivity contribution < 1.29 is 0 Å². The van der Waals surface area contributed by atoms with Gasteiger partial charge in [0, 0.05) is 74.6 Å². The van der Waals surface area contributed by atoms with Crippen LogP contribution in [0.4, 0.5) is 5.82 Å². The Morgan fingerprint density at radius 3 is 2.74 bits per heavy atom. The molecule has 31 heavy (non-hydrogen) atoms. The van der Waals surface area contributed by atoms with Gasteiger partial charge in [0.25, 0.3) is 0 Å². The van der Waals surface area contributed by atoms with Crippen LogP contribution in [0.5, 0.6) is 0 Å². The quantitative estimate of drug-likeness (QED) is 0.610. The SMILES string of the molecule is C/N=C/C(=C\NC)c1cc(-c2cnc(N3CC4CC(C3)N4)cn2)c2c(C#N)cnn2c1. The minimum absolute atomic E-state index is 0.498. The molecule has 6 rings (SSSR count). The van der Waals surface area contributed by atoms with E-state index in [0.29, 0.717) is 28.9 Å². The van der Waals surface area contributed by atoms with Gasteiger partial charge in [-0.1, -0.05) is 0 Å². The number of nitriles is 1. The number of allylic oxidation sites excluding steroid dienone is 1. The number of piperidine rings is 1. The van der Waals surface area contributed by atoms with E-state index in [2.05, 4.69) is 31.7 Å². The highest BCUT2D eigenvalue weighted by atomic mass is 15.3. The van der Waals surface area contributed by atoms with E-state index in [4.69, 9.17) is 9.97 Å². The fourth-order valence-corrected chi connectivity index (χ4v) is 4.37. The van der Waals surface area contributed by atoms with Gasteiger partial charge in [0.15, 0.2) is 0 Å². The third-order valence-electron chi connectivity index (χ3n) is 5.79. The maximum Gasteiger partial charge on any atom is 0.147 e. The van der Waals surface area contributed by atoms with Gasteiger partial charge in [-0.3, -0.25) is 9.98 Å². The van der Waals surface area contributed by atoms with E-state index in [1.165, 1.54) is 6.42 Å². The Kier molecular flexibility index (Phi) is 4.84. The summed E-state index contributed by atoms with van der Waals surface area (Å²) in [5.41, 5.74) is 4.52.